The molecule has 122 valence electrons. The van der Waals surface area contributed by atoms with Crippen LogP contribution in [-0.4, -0.2) is 59.0 Å². The monoisotopic (exact) mass is 296 g/mol. The van der Waals surface area contributed by atoms with Crippen LogP contribution in [0.3, 0.4) is 0 Å². The van der Waals surface area contributed by atoms with Crippen molar-refractivity contribution in [1.29, 1.82) is 0 Å². The molecule has 0 aromatic heterocycles. The first kappa shape index (κ1) is 15.7. The van der Waals surface area contributed by atoms with Gasteiger partial charge in [0.15, 0.2) is 0 Å². The number of nitrogens with one attached hydrogen (secondary N) is 1. The van der Waals surface area contributed by atoms with E-state index in [1.165, 1.54) is 25.7 Å². The second kappa shape index (κ2) is 5.19. The predicted octanol–water partition coefficient (Wildman–Crippen LogP) is 1.77. The molecule has 2 aliphatic carbocycles. The van der Waals surface area contributed by atoms with Crippen molar-refractivity contribution >= 4 is 0 Å². The van der Waals surface area contributed by atoms with Crippen LogP contribution in [0.4, 0.5) is 0 Å². The van der Waals surface area contributed by atoms with E-state index in [9.17, 15) is 5.11 Å². The van der Waals surface area contributed by atoms with Crippen molar-refractivity contribution in [3.05, 3.63) is 0 Å². The highest BCUT2D eigenvalue weighted by Crippen LogP contribution is 2.42. The fraction of sp³-hybridized carbons (Fsp3) is 1.00. The number of rotatable bonds is 6. The molecule has 1 saturated heterocycles. The Labute approximate surface area is 129 Å². The van der Waals surface area contributed by atoms with Gasteiger partial charge in [0.05, 0.1) is 23.3 Å². The normalized spacial score (nSPS) is 31.9. The average molecular weight is 296 g/mol. The van der Waals surface area contributed by atoms with Gasteiger partial charge < -0.3 is 15.2 Å². The van der Waals surface area contributed by atoms with Gasteiger partial charge in [0.1, 0.15) is 0 Å². The second-order valence-corrected chi connectivity index (χ2v) is 8.77. The fourth-order valence-electron chi connectivity index (χ4n) is 4.24. The summed E-state index contributed by atoms with van der Waals surface area (Å²) < 4.78 is 6.18. The van der Waals surface area contributed by atoms with Gasteiger partial charge in [0.25, 0.3) is 0 Å². The number of hydrogen-bond donors (Lipinski definition) is 2. The molecule has 3 aliphatic rings. The standard InChI is InChI=1S/C17H32N2O2/c1-15(2)9-19(10-16(3,4)21-15)11-17(12-20,13-5-6-13)18-14-7-8-14/h13-14,18,20H,5-12H2,1-4H3. The van der Waals surface area contributed by atoms with Gasteiger partial charge in [0.2, 0.25) is 0 Å². The van der Waals surface area contributed by atoms with Gasteiger partial charge >= 0.3 is 0 Å². The van der Waals surface area contributed by atoms with Gasteiger partial charge in [0, 0.05) is 25.7 Å². The lowest BCUT2D eigenvalue weighted by molar-refractivity contribution is -0.184. The van der Waals surface area contributed by atoms with Crippen LogP contribution in [0.5, 0.6) is 0 Å². The van der Waals surface area contributed by atoms with Gasteiger partial charge in [-0.05, 0) is 59.3 Å². The van der Waals surface area contributed by atoms with E-state index in [-0.39, 0.29) is 23.3 Å². The zero-order valence-electron chi connectivity index (χ0n) is 14.1. The summed E-state index contributed by atoms with van der Waals surface area (Å²) in [5.74, 6) is 0.650. The average Bonchev–Trinajstić information content (AvgIpc) is 3.17. The highest BCUT2D eigenvalue weighted by molar-refractivity contribution is 5.07. The Morgan fingerprint density at radius 2 is 1.67 bits per heavy atom. The van der Waals surface area contributed by atoms with Gasteiger partial charge in [-0.1, -0.05) is 0 Å². The lowest BCUT2D eigenvalue weighted by Gasteiger charge is -2.50. The van der Waals surface area contributed by atoms with Crippen molar-refractivity contribution in [3.8, 4) is 0 Å². The molecule has 1 aliphatic heterocycles. The van der Waals surface area contributed by atoms with Gasteiger partial charge in [-0.25, -0.2) is 0 Å². The number of aliphatic hydroxyl groups excluding tert-OH is 1. The largest absolute Gasteiger partial charge is 0.394 e. The minimum Gasteiger partial charge on any atom is -0.394 e. The van der Waals surface area contributed by atoms with Crippen LogP contribution in [0.25, 0.3) is 0 Å². The summed E-state index contributed by atoms with van der Waals surface area (Å²) in [6.07, 6.45) is 5.07. The lowest BCUT2D eigenvalue weighted by Crippen LogP contribution is -2.64. The maximum absolute atomic E-state index is 10.1. The summed E-state index contributed by atoms with van der Waals surface area (Å²) in [4.78, 5) is 2.51. The van der Waals surface area contributed by atoms with Crippen LogP contribution >= 0.6 is 0 Å². The highest BCUT2D eigenvalue weighted by atomic mass is 16.5. The van der Waals surface area contributed by atoms with Crippen LogP contribution < -0.4 is 5.32 Å². The molecule has 1 heterocycles. The minimum absolute atomic E-state index is 0.0926. The maximum atomic E-state index is 10.1. The smallest absolute Gasteiger partial charge is 0.0760 e. The van der Waals surface area contributed by atoms with E-state index >= 15 is 0 Å². The molecule has 4 heteroatoms. The van der Waals surface area contributed by atoms with Gasteiger partial charge in [-0.2, -0.15) is 0 Å². The highest BCUT2D eigenvalue weighted by Gasteiger charge is 2.50. The Balaban J connectivity index is 1.72. The molecule has 0 amide bonds. The first-order valence-electron chi connectivity index (χ1n) is 8.55. The summed E-state index contributed by atoms with van der Waals surface area (Å²) in [6.45, 7) is 11.8. The first-order valence-corrected chi connectivity index (χ1v) is 8.55. The lowest BCUT2D eigenvalue weighted by atomic mass is 9.90. The summed E-state index contributed by atoms with van der Waals surface area (Å²) >= 11 is 0. The third-order valence-corrected chi connectivity index (χ3v) is 4.98. The molecule has 3 rings (SSSR count). The van der Waals surface area contributed by atoms with Crippen LogP contribution in [0.1, 0.15) is 53.4 Å². The zero-order chi connectivity index (χ0) is 15.3. The molecular formula is C17H32N2O2. The van der Waals surface area contributed by atoms with Crippen molar-refractivity contribution in [1.82, 2.24) is 10.2 Å². The van der Waals surface area contributed by atoms with Gasteiger partial charge in [-0.3, -0.25) is 4.90 Å². The summed E-state index contributed by atoms with van der Waals surface area (Å²) in [6, 6.07) is 0.639. The Bertz CT molecular complexity index is 372. The number of morpholine rings is 1. The first-order chi connectivity index (χ1) is 9.74. The molecule has 0 aromatic carbocycles. The Hall–Kier alpha value is -0.160. The molecule has 3 fully saturated rings. The van der Waals surface area contributed by atoms with Crippen molar-refractivity contribution in [3.63, 3.8) is 0 Å². The second-order valence-electron chi connectivity index (χ2n) is 8.77. The molecule has 0 radical (unpaired) electrons. The van der Waals surface area contributed by atoms with E-state index in [1.807, 2.05) is 0 Å². The van der Waals surface area contributed by atoms with E-state index in [0.717, 1.165) is 19.6 Å². The molecule has 4 nitrogen and oxygen atoms in total. The topological polar surface area (TPSA) is 44.7 Å². The van der Waals surface area contributed by atoms with E-state index in [4.69, 9.17) is 4.74 Å². The van der Waals surface area contributed by atoms with Crippen molar-refractivity contribution in [2.45, 2.75) is 76.2 Å². The molecule has 2 N–H and O–H groups in total. The molecule has 0 aromatic rings. The Morgan fingerprint density at radius 3 is 2.10 bits per heavy atom. The molecule has 21 heavy (non-hydrogen) atoms. The summed E-state index contributed by atoms with van der Waals surface area (Å²) in [7, 11) is 0. The SMILES string of the molecule is CC1(C)CN(CC(CO)(NC2CC2)C2CC2)CC(C)(C)O1. The number of nitrogens with zero attached hydrogens (tertiary/aromatic N) is 1. The number of aliphatic hydroxyl groups is 1. The molecule has 0 bridgehead atoms. The zero-order valence-corrected chi connectivity index (χ0v) is 14.1. The molecule has 0 spiro atoms. The molecular weight excluding hydrogens is 264 g/mol. The molecule has 2 saturated carbocycles. The minimum atomic E-state index is -0.119. The third-order valence-electron chi connectivity index (χ3n) is 4.98. The number of ether oxygens (including phenoxy) is 1. The van der Waals surface area contributed by atoms with E-state index in [2.05, 4.69) is 37.9 Å². The number of hydrogen-bond acceptors (Lipinski definition) is 4. The van der Waals surface area contributed by atoms with Gasteiger partial charge in [-0.15, -0.1) is 0 Å². The van der Waals surface area contributed by atoms with E-state index in [1.54, 1.807) is 0 Å². The van der Waals surface area contributed by atoms with Crippen LogP contribution in [-0.2, 0) is 4.74 Å². The van der Waals surface area contributed by atoms with Crippen molar-refractivity contribution in [2.24, 2.45) is 5.92 Å². The predicted molar refractivity (Wildman–Crippen MR) is 84.4 cm³/mol. The maximum Gasteiger partial charge on any atom is 0.0760 e. The van der Waals surface area contributed by atoms with E-state index < -0.39 is 0 Å². The Morgan fingerprint density at radius 1 is 1.10 bits per heavy atom. The van der Waals surface area contributed by atoms with Crippen LogP contribution in [0.2, 0.25) is 0 Å². The molecule has 1 atom stereocenters. The Kier molecular flexibility index (Phi) is 3.89. The quantitative estimate of drug-likeness (QED) is 0.784. The van der Waals surface area contributed by atoms with Crippen molar-refractivity contribution in [2.75, 3.05) is 26.2 Å². The fourth-order valence-corrected chi connectivity index (χ4v) is 4.24. The summed E-state index contributed by atoms with van der Waals surface area (Å²) in [5, 5.41) is 13.9. The third kappa shape index (κ3) is 3.79. The van der Waals surface area contributed by atoms with Crippen molar-refractivity contribution < 1.29 is 9.84 Å². The van der Waals surface area contributed by atoms with Crippen LogP contribution in [0, 0.1) is 5.92 Å². The van der Waals surface area contributed by atoms with E-state index in [0.29, 0.717) is 12.0 Å². The van der Waals surface area contributed by atoms with Crippen LogP contribution in [0.15, 0.2) is 0 Å². The summed E-state index contributed by atoms with van der Waals surface area (Å²) in [5.41, 5.74) is -0.331. The molecule has 1 unspecified atom stereocenters.